The molecule has 1 aliphatic carbocycles. The van der Waals surface area contributed by atoms with Crippen LogP contribution in [0.2, 0.25) is 0 Å². The van der Waals surface area contributed by atoms with Crippen molar-refractivity contribution in [1.82, 2.24) is 4.98 Å². The number of anilines is 1. The lowest BCUT2D eigenvalue weighted by molar-refractivity contribution is -0.384. The molecule has 1 aromatic carbocycles. The maximum absolute atomic E-state index is 10.9. The highest BCUT2D eigenvalue weighted by molar-refractivity contribution is 5.88. The van der Waals surface area contributed by atoms with Gasteiger partial charge in [-0.25, -0.2) is 4.98 Å². The zero-order chi connectivity index (χ0) is 17.1. The lowest BCUT2D eigenvalue weighted by Gasteiger charge is -2.28. The van der Waals surface area contributed by atoms with Crippen molar-refractivity contribution in [3.8, 4) is 6.07 Å². The van der Waals surface area contributed by atoms with Gasteiger partial charge in [-0.1, -0.05) is 0 Å². The molecular weight excluding hydrogens is 308 g/mol. The normalized spacial score (nSPS) is 20.5. The Hall–Kier alpha value is -2.72. The molecule has 1 aromatic heterocycles. The number of hydrogen-bond donors (Lipinski definition) is 2. The van der Waals surface area contributed by atoms with Crippen LogP contribution in [0.25, 0.3) is 10.9 Å². The van der Waals surface area contributed by atoms with Gasteiger partial charge < -0.3 is 10.4 Å². The summed E-state index contributed by atoms with van der Waals surface area (Å²) >= 11 is 0. The fourth-order valence-electron chi connectivity index (χ4n) is 3.19. The molecule has 0 aliphatic heterocycles. The number of nitriles is 1. The van der Waals surface area contributed by atoms with E-state index in [1.807, 2.05) is 0 Å². The second-order valence-electron chi connectivity index (χ2n) is 6.17. The zero-order valence-electron chi connectivity index (χ0n) is 13.1. The van der Waals surface area contributed by atoms with E-state index >= 15 is 0 Å². The van der Waals surface area contributed by atoms with E-state index in [4.69, 9.17) is 0 Å². The fraction of sp³-hybridized carbons (Fsp3) is 0.412. The van der Waals surface area contributed by atoms with E-state index in [0.717, 1.165) is 25.7 Å². The van der Waals surface area contributed by atoms with Crippen LogP contribution in [0.3, 0.4) is 0 Å². The number of fused-ring (bicyclic) bond motifs is 1. The van der Waals surface area contributed by atoms with Crippen molar-refractivity contribution in [2.75, 3.05) is 11.9 Å². The van der Waals surface area contributed by atoms with Crippen LogP contribution in [0.4, 0.5) is 11.5 Å². The van der Waals surface area contributed by atoms with E-state index in [1.165, 1.54) is 12.1 Å². The molecule has 0 radical (unpaired) electrons. The number of nitrogens with zero attached hydrogens (tertiary/aromatic N) is 3. The minimum absolute atomic E-state index is 0.0520. The van der Waals surface area contributed by atoms with Gasteiger partial charge in [0.2, 0.25) is 0 Å². The third-order valence-corrected chi connectivity index (χ3v) is 4.58. The quantitative estimate of drug-likeness (QED) is 0.660. The molecule has 1 heterocycles. The van der Waals surface area contributed by atoms with Gasteiger partial charge in [-0.3, -0.25) is 10.1 Å². The van der Waals surface area contributed by atoms with Gasteiger partial charge in [0.15, 0.2) is 0 Å². The summed E-state index contributed by atoms with van der Waals surface area (Å²) in [6.07, 6.45) is 3.85. The highest BCUT2D eigenvalue weighted by Gasteiger charge is 2.21. The first kappa shape index (κ1) is 16.1. The van der Waals surface area contributed by atoms with E-state index in [0.29, 0.717) is 28.2 Å². The van der Waals surface area contributed by atoms with Gasteiger partial charge in [0, 0.05) is 30.2 Å². The molecule has 0 saturated heterocycles. The van der Waals surface area contributed by atoms with Crippen LogP contribution in [-0.4, -0.2) is 27.7 Å². The number of nitro groups is 1. The van der Waals surface area contributed by atoms with Crippen LogP contribution in [-0.2, 0) is 0 Å². The maximum Gasteiger partial charge on any atom is 0.270 e. The molecule has 0 amide bonds. The second-order valence-corrected chi connectivity index (χ2v) is 6.17. The number of pyridine rings is 1. The van der Waals surface area contributed by atoms with Crippen molar-refractivity contribution < 1.29 is 10.0 Å². The summed E-state index contributed by atoms with van der Waals surface area (Å²) in [5.74, 6) is 0.989. The molecule has 124 valence electrons. The van der Waals surface area contributed by atoms with Crippen molar-refractivity contribution in [2.45, 2.75) is 31.7 Å². The molecule has 7 nitrogen and oxygen atoms in total. The van der Waals surface area contributed by atoms with Gasteiger partial charge >= 0.3 is 0 Å². The molecule has 7 heteroatoms. The average Bonchev–Trinajstić information content (AvgIpc) is 2.61. The lowest BCUT2D eigenvalue weighted by atomic mass is 9.86. The van der Waals surface area contributed by atoms with Gasteiger partial charge in [0.1, 0.15) is 5.82 Å². The molecule has 0 spiro atoms. The van der Waals surface area contributed by atoms with Gasteiger partial charge in [-0.15, -0.1) is 0 Å². The minimum atomic E-state index is -0.480. The smallest absolute Gasteiger partial charge is 0.270 e. The first-order valence-corrected chi connectivity index (χ1v) is 7.97. The Morgan fingerprint density at radius 2 is 2.08 bits per heavy atom. The Morgan fingerprint density at radius 1 is 1.33 bits per heavy atom. The van der Waals surface area contributed by atoms with Gasteiger partial charge in [0.25, 0.3) is 5.69 Å². The largest absolute Gasteiger partial charge is 0.396 e. The van der Waals surface area contributed by atoms with Crippen LogP contribution < -0.4 is 5.32 Å². The van der Waals surface area contributed by atoms with Gasteiger partial charge in [-0.2, -0.15) is 5.26 Å². The standard InChI is InChI=1S/C17H18N4O3/c18-9-12-7-17(19-13-3-1-11(10-22)2-4-13)20-16-6-5-14(21(23)24)8-15(12)16/h5-8,11,13,22H,1-4,10H2,(H,19,20). The minimum Gasteiger partial charge on any atom is -0.396 e. The highest BCUT2D eigenvalue weighted by Crippen LogP contribution is 2.28. The summed E-state index contributed by atoms with van der Waals surface area (Å²) < 4.78 is 0. The van der Waals surface area contributed by atoms with Crippen molar-refractivity contribution in [3.63, 3.8) is 0 Å². The van der Waals surface area contributed by atoms with Crippen LogP contribution in [0.5, 0.6) is 0 Å². The van der Waals surface area contributed by atoms with E-state index < -0.39 is 4.92 Å². The SMILES string of the molecule is N#Cc1cc(NC2CCC(CO)CC2)nc2ccc([N+](=O)[O-])cc12. The number of non-ortho nitro benzene ring substituents is 1. The molecule has 24 heavy (non-hydrogen) atoms. The first-order chi connectivity index (χ1) is 11.6. The predicted octanol–water partition coefficient (Wildman–Crippen LogP) is 2.98. The summed E-state index contributed by atoms with van der Waals surface area (Å²) in [5.41, 5.74) is 0.880. The Balaban J connectivity index is 1.86. The second kappa shape index (κ2) is 6.81. The Bertz CT molecular complexity index is 807. The summed E-state index contributed by atoms with van der Waals surface area (Å²) in [4.78, 5) is 14.9. The number of aliphatic hydroxyl groups is 1. The number of benzene rings is 1. The topological polar surface area (TPSA) is 112 Å². The summed E-state index contributed by atoms with van der Waals surface area (Å²) in [5, 5.41) is 33.3. The number of nitro benzene ring substituents is 1. The number of hydrogen-bond acceptors (Lipinski definition) is 6. The Morgan fingerprint density at radius 3 is 2.71 bits per heavy atom. The summed E-state index contributed by atoms with van der Waals surface area (Å²) in [6, 6.07) is 8.36. The maximum atomic E-state index is 10.9. The molecular formula is C17H18N4O3. The van der Waals surface area contributed by atoms with E-state index in [1.54, 1.807) is 12.1 Å². The van der Waals surface area contributed by atoms with E-state index in [2.05, 4.69) is 16.4 Å². The van der Waals surface area contributed by atoms with Crippen LogP contribution in [0.1, 0.15) is 31.2 Å². The molecule has 0 bridgehead atoms. The third kappa shape index (κ3) is 3.29. The summed E-state index contributed by atoms with van der Waals surface area (Å²) in [7, 11) is 0. The van der Waals surface area contributed by atoms with Crippen LogP contribution in [0.15, 0.2) is 24.3 Å². The molecule has 3 rings (SSSR count). The Labute approximate surface area is 139 Å². The number of rotatable bonds is 4. The van der Waals surface area contributed by atoms with Crippen molar-refractivity contribution >= 4 is 22.4 Å². The number of nitrogens with one attached hydrogen (secondary N) is 1. The number of aliphatic hydroxyl groups excluding tert-OH is 1. The fourth-order valence-corrected chi connectivity index (χ4v) is 3.19. The van der Waals surface area contributed by atoms with Crippen LogP contribution in [0, 0.1) is 27.4 Å². The third-order valence-electron chi connectivity index (χ3n) is 4.58. The molecule has 1 saturated carbocycles. The first-order valence-electron chi connectivity index (χ1n) is 7.97. The molecule has 0 unspecified atom stereocenters. The average molecular weight is 326 g/mol. The molecule has 0 atom stereocenters. The molecule has 1 fully saturated rings. The van der Waals surface area contributed by atoms with Crippen molar-refractivity contribution in [3.05, 3.63) is 39.9 Å². The number of aromatic nitrogens is 1. The lowest BCUT2D eigenvalue weighted by Crippen LogP contribution is -2.27. The van der Waals surface area contributed by atoms with E-state index in [-0.39, 0.29) is 18.3 Å². The molecule has 2 N–H and O–H groups in total. The monoisotopic (exact) mass is 326 g/mol. The predicted molar refractivity (Wildman–Crippen MR) is 89.6 cm³/mol. The molecule has 2 aromatic rings. The van der Waals surface area contributed by atoms with Crippen molar-refractivity contribution in [1.29, 1.82) is 5.26 Å². The summed E-state index contributed by atoms with van der Waals surface area (Å²) in [6.45, 7) is 0.234. The van der Waals surface area contributed by atoms with Crippen molar-refractivity contribution in [2.24, 2.45) is 5.92 Å². The van der Waals surface area contributed by atoms with Gasteiger partial charge in [0.05, 0.1) is 22.1 Å². The highest BCUT2D eigenvalue weighted by atomic mass is 16.6. The molecule has 1 aliphatic rings. The van der Waals surface area contributed by atoms with Crippen LogP contribution >= 0.6 is 0 Å². The zero-order valence-corrected chi connectivity index (χ0v) is 13.1. The Kier molecular flexibility index (Phi) is 4.58. The van der Waals surface area contributed by atoms with E-state index in [9.17, 15) is 20.5 Å². The van der Waals surface area contributed by atoms with Gasteiger partial charge in [-0.05, 0) is 43.7 Å².